The number of fused-ring (bicyclic) bond motifs is 4. The van der Waals surface area contributed by atoms with Crippen molar-refractivity contribution in [3.05, 3.63) is 94.0 Å². The molecule has 0 unspecified atom stereocenters. The standard InChI is InChI=1S/C24H20.2C2H6/c1-15-21-11-17-7-3-5-9-19(17)13-23(21)16(2)24-14-20-10-6-4-8-18(20)12-22(15)24;2*1-2/h3-11,13H,12,14H2,1-2H3;2*1-2H3. The summed E-state index contributed by atoms with van der Waals surface area (Å²) in [5.41, 5.74) is 9.01. The molecule has 0 amide bonds. The number of rotatable bonds is 0. The predicted molar refractivity (Wildman–Crippen MR) is 126 cm³/mol. The lowest BCUT2D eigenvalue weighted by atomic mass is 9.79. The van der Waals surface area contributed by atoms with E-state index in [-0.39, 0.29) is 0 Å². The van der Waals surface area contributed by atoms with Crippen LogP contribution in [0.1, 0.15) is 61.1 Å². The number of benzene rings is 4. The molecule has 0 aliphatic heterocycles. The van der Waals surface area contributed by atoms with Crippen LogP contribution < -0.4 is 0 Å². The van der Waals surface area contributed by atoms with Gasteiger partial charge in [-0.1, -0.05) is 76.2 Å². The van der Waals surface area contributed by atoms with Gasteiger partial charge in [-0.2, -0.15) is 0 Å². The molecule has 1 aliphatic carbocycles. The second-order valence-electron chi connectivity index (χ2n) is 7.07. The Morgan fingerprint density at radius 1 is 0.536 bits per heavy atom. The Kier molecular flexibility index (Phi) is 6.19. The summed E-state index contributed by atoms with van der Waals surface area (Å²) in [6, 6.07) is 22.4. The SMILES string of the molecule is CC.CC.Cc1c2c(c(C)c3cc4ccccc4cc13)Cc1ccccc1C2. The van der Waals surface area contributed by atoms with Gasteiger partial charge in [-0.05, 0) is 93.7 Å². The fraction of sp³-hybridized carbons (Fsp3) is 0.286. The zero-order valence-electron chi connectivity index (χ0n) is 18.2. The molecule has 0 saturated heterocycles. The van der Waals surface area contributed by atoms with Crippen LogP contribution in [0, 0.1) is 13.8 Å². The third-order valence-corrected chi connectivity index (χ3v) is 5.82. The molecule has 0 fully saturated rings. The third-order valence-electron chi connectivity index (χ3n) is 5.82. The van der Waals surface area contributed by atoms with Crippen molar-refractivity contribution in [3.63, 3.8) is 0 Å². The molecule has 1 aliphatic rings. The van der Waals surface area contributed by atoms with Gasteiger partial charge in [-0.15, -0.1) is 0 Å². The van der Waals surface area contributed by atoms with Gasteiger partial charge in [-0.25, -0.2) is 0 Å². The van der Waals surface area contributed by atoms with Crippen LogP contribution in [0.4, 0.5) is 0 Å². The van der Waals surface area contributed by atoms with Crippen LogP contribution in [-0.4, -0.2) is 0 Å². The van der Waals surface area contributed by atoms with Crippen molar-refractivity contribution in [1.82, 2.24) is 0 Å². The molecule has 0 nitrogen and oxygen atoms in total. The fourth-order valence-corrected chi connectivity index (χ4v) is 4.40. The molecule has 5 rings (SSSR count). The van der Waals surface area contributed by atoms with E-state index in [0.29, 0.717) is 0 Å². The third kappa shape index (κ3) is 3.33. The molecule has 28 heavy (non-hydrogen) atoms. The summed E-state index contributed by atoms with van der Waals surface area (Å²) in [7, 11) is 0. The van der Waals surface area contributed by atoms with Crippen molar-refractivity contribution < 1.29 is 0 Å². The minimum Gasteiger partial charge on any atom is -0.0683 e. The van der Waals surface area contributed by atoms with Crippen molar-refractivity contribution in [2.75, 3.05) is 0 Å². The van der Waals surface area contributed by atoms with Crippen molar-refractivity contribution in [2.24, 2.45) is 0 Å². The number of hydrogen-bond acceptors (Lipinski definition) is 0. The van der Waals surface area contributed by atoms with E-state index in [1.165, 1.54) is 43.8 Å². The Labute approximate surface area is 170 Å². The summed E-state index contributed by atoms with van der Waals surface area (Å²) in [4.78, 5) is 0. The molecule has 4 aromatic carbocycles. The maximum Gasteiger partial charge on any atom is -0.00171 e. The van der Waals surface area contributed by atoms with Gasteiger partial charge in [0.05, 0.1) is 0 Å². The second kappa shape index (κ2) is 8.61. The van der Waals surface area contributed by atoms with E-state index in [0.717, 1.165) is 12.8 Å². The van der Waals surface area contributed by atoms with Crippen LogP contribution in [0.2, 0.25) is 0 Å². The summed E-state index contributed by atoms with van der Waals surface area (Å²) < 4.78 is 0. The van der Waals surface area contributed by atoms with Crippen LogP contribution in [0.5, 0.6) is 0 Å². The highest BCUT2D eigenvalue weighted by Crippen LogP contribution is 2.38. The minimum atomic E-state index is 1.07. The fourth-order valence-electron chi connectivity index (χ4n) is 4.40. The maximum atomic E-state index is 2.38. The Morgan fingerprint density at radius 3 is 1.29 bits per heavy atom. The Bertz CT molecular complexity index is 1030. The van der Waals surface area contributed by atoms with E-state index in [4.69, 9.17) is 0 Å². The molecule has 0 saturated carbocycles. The second-order valence-corrected chi connectivity index (χ2v) is 7.07. The minimum absolute atomic E-state index is 1.07. The van der Waals surface area contributed by atoms with E-state index < -0.39 is 0 Å². The molecule has 0 radical (unpaired) electrons. The zero-order valence-corrected chi connectivity index (χ0v) is 18.2. The van der Waals surface area contributed by atoms with E-state index >= 15 is 0 Å². The molecule has 0 atom stereocenters. The van der Waals surface area contributed by atoms with Gasteiger partial charge in [0.2, 0.25) is 0 Å². The molecule has 0 heterocycles. The highest BCUT2D eigenvalue weighted by Gasteiger charge is 2.21. The van der Waals surface area contributed by atoms with Gasteiger partial charge < -0.3 is 0 Å². The number of hydrogen-bond donors (Lipinski definition) is 0. The van der Waals surface area contributed by atoms with E-state index in [2.05, 4.69) is 74.5 Å². The Balaban J connectivity index is 0.000000531. The topological polar surface area (TPSA) is 0 Å². The van der Waals surface area contributed by atoms with Crippen LogP contribution in [0.3, 0.4) is 0 Å². The summed E-state index contributed by atoms with van der Waals surface area (Å²) in [5.74, 6) is 0. The molecular formula is C28H32. The van der Waals surface area contributed by atoms with Gasteiger partial charge in [0.25, 0.3) is 0 Å². The van der Waals surface area contributed by atoms with Crippen LogP contribution >= 0.6 is 0 Å². The average Bonchev–Trinajstić information content (AvgIpc) is 2.78. The van der Waals surface area contributed by atoms with Crippen molar-refractivity contribution in [2.45, 2.75) is 54.4 Å². The van der Waals surface area contributed by atoms with Gasteiger partial charge in [0.15, 0.2) is 0 Å². The van der Waals surface area contributed by atoms with Crippen molar-refractivity contribution in [1.29, 1.82) is 0 Å². The van der Waals surface area contributed by atoms with E-state index in [1.54, 1.807) is 11.1 Å². The van der Waals surface area contributed by atoms with Gasteiger partial charge >= 0.3 is 0 Å². The molecule has 0 heteroatoms. The number of aryl methyl sites for hydroxylation is 2. The molecule has 0 spiro atoms. The van der Waals surface area contributed by atoms with E-state index in [9.17, 15) is 0 Å². The molecule has 4 aromatic rings. The van der Waals surface area contributed by atoms with Gasteiger partial charge in [0, 0.05) is 0 Å². The summed E-state index contributed by atoms with van der Waals surface area (Å²) >= 11 is 0. The summed E-state index contributed by atoms with van der Waals surface area (Å²) in [6.07, 6.45) is 2.14. The quantitative estimate of drug-likeness (QED) is 0.242. The largest absolute Gasteiger partial charge is 0.0683 e. The lowest BCUT2D eigenvalue weighted by Crippen LogP contribution is -2.11. The zero-order chi connectivity index (χ0) is 20.3. The molecule has 144 valence electrons. The molecule has 0 bridgehead atoms. The van der Waals surface area contributed by atoms with Crippen LogP contribution in [0.15, 0.2) is 60.7 Å². The molecule has 0 aromatic heterocycles. The normalized spacial score (nSPS) is 11.6. The maximum absolute atomic E-state index is 2.38. The van der Waals surface area contributed by atoms with Crippen LogP contribution in [0.25, 0.3) is 21.5 Å². The van der Waals surface area contributed by atoms with Gasteiger partial charge in [-0.3, -0.25) is 0 Å². The van der Waals surface area contributed by atoms with Crippen molar-refractivity contribution >= 4 is 21.5 Å². The Hall–Kier alpha value is -2.60. The summed E-state index contributed by atoms with van der Waals surface area (Å²) in [5, 5.41) is 5.51. The lowest BCUT2D eigenvalue weighted by molar-refractivity contribution is 0.981. The van der Waals surface area contributed by atoms with Gasteiger partial charge in [0.1, 0.15) is 0 Å². The monoisotopic (exact) mass is 368 g/mol. The first-order valence-corrected chi connectivity index (χ1v) is 10.7. The van der Waals surface area contributed by atoms with Crippen molar-refractivity contribution in [3.8, 4) is 0 Å². The predicted octanol–water partition coefficient (Wildman–Crippen LogP) is 8.16. The molecular weight excluding hydrogens is 336 g/mol. The first-order chi connectivity index (χ1) is 13.7. The Morgan fingerprint density at radius 2 is 0.893 bits per heavy atom. The highest BCUT2D eigenvalue weighted by atomic mass is 14.2. The van der Waals surface area contributed by atoms with E-state index in [1.807, 2.05) is 27.7 Å². The first-order valence-electron chi connectivity index (χ1n) is 10.7. The molecule has 0 N–H and O–H groups in total. The highest BCUT2D eigenvalue weighted by molar-refractivity contribution is 6.02. The lowest BCUT2D eigenvalue weighted by Gasteiger charge is -2.25. The average molecular weight is 369 g/mol. The smallest absolute Gasteiger partial charge is 0.00171 e. The van der Waals surface area contributed by atoms with Crippen LogP contribution in [-0.2, 0) is 12.8 Å². The first kappa shape index (κ1) is 20.1. The summed E-state index contributed by atoms with van der Waals surface area (Å²) in [6.45, 7) is 12.6.